The van der Waals surface area contributed by atoms with Gasteiger partial charge in [0.2, 0.25) is 5.91 Å². The van der Waals surface area contributed by atoms with Crippen molar-refractivity contribution in [3.05, 3.63) is 65.7 Å². The summed E-state index contributed by atoms with van der Waals surface area (Å²) < 4.78 is 38.0. The molecular weight excluding hydrogens is 528 g/mol. The summed E-state index contributed by atoms with van der Waals surface area (Å²) in [5.41, 5.74) is 1.86. The molecule has 10 nitrogen and oxygen atoms in total. The maximum Gasteiger partial charge on any atom is 0.407 e. The maximum atomic E-state index is 13.5. The Bertz CT molecular complexity index is 1240. The molecule has 0 bridgehead atoms. The van der Waals surface area contributed by atoms with Crippen LogP contribution in [-0.4, -0.2) is 61.0 Å². The molecule has 206 valence electrons. The van der Waals surface area contributed by atoms with Gasteiger partial charge in [0.1, 0.15) is 6.04 Å². The second-order valence-electron chi connectivity index (χ2n) is 10.1. The average molecular weight is 563 g/mol. The number of hydrogen-bond donors (Lipinski definition) is 4. The fraction of sp³-hybridized carbons (Fsp3) is 0.423. The van der Waals surface area contributed by atoms with Crippen LogP contribution in [0.25, 0.3) is 0 Å². The summed E-state index contributed by atoms with van der Waals surface area (Å²) in [4.78, 5) is 30.4. The number of nitrogens with one attached hydrogen (secondary N) is 3. The van der Waals surface area contributed by atoms with Crippen molar-refractivity contribution >= 4 is 44.8 Å². The zero-order chi connectivity index (χ0) is 27.9. The lowest BCUT2D eigenvalue weighted by Crippen LogP contribution is -2.52. The van der Waals surface area contributed by atoms with Gasteiger partial charge in [0.25, 0.3) is 0 Å². The van der Waals surface area contributed by atoms with Crippen molar-refractivity contribution in [1.82, 2.24) is 10.6 Å². The standard InChI is InChI=1S/C26H34N4O6S2/c1-26(2,3)22-16-37-24(29-22)21(15-18-10-12-19(13-11-18)30-38(33,34)35)27-23(31)20(28-25(32)36-4)14-17-8-6-5-7-9-17/h5-13,20-22,30H,14-16H2,1-4H3,(H,27,31)(H,28,32)(H,33,34,35)/t20-,21-,22?/m0/s1. The van der Waals surface area contributed by atoms with E-state index in [4.69, 9.17) is 14.3 Å². The van der Waals surface area contributed by atoms with Crippen LogP contribution in [0, 0.1) is 5.41 Å². The second kappa shape index (κ2) is 12.6. The van der Waals surface area contributed by atoms with Crippen LogP contribution in [0.3, 0.4) is 0 Å². The van der Waals surface area contributed by atoms with E-state index < -0.39 is 28.5 Å². The predicted octanol–water partition coefficient (Wildman–Crippen LogP) is 3.46. The molecule has 12 heteroatoms. The van der Waals surface area contributed by atoms with Gasteiger partial charge < -0.3 is 15.4 Å². The minimum absolute atomic E-state index is 0.0469. The lowest BCUT2D eigenvalue weighted by atomic mass is 9.88. The van der Waals surface area contributed by atoms with Crippen molar-refractivity contribution in [2.45, 2.75) is 51.7 Å². The summed E-state index contributed by atoms with van der Waals surface area (Å²) in [7, 11) is -3.14. The van der Waals surface area contributed by atoms with Gasteiger partial charge in [-0.15, -0.1) is 11.8 Å². The molecule has 3 atom stereocenters. The molecule has 0 aromatic heterocycles. The number of ether oxygens (including phenoxy) is 1. The number of alkyl carbamates (subject to hydrolysis) is 1. The van der Waals surface area contributed by atoms with Crippen LogP contribution in [0.1, 0.15) is 31.9 Å². The molecule has 2 amide bonds. The van der Waals surface area contributed by atoms with Gasteiger partial charge in [-0.25, -0.2) is 4.79 Å². The number of carbonyl (C=O) groups is 2. The molecule has 0 fully saturated rings. The lowest BCUT2D eigenvalue weighted by Gasteiger charge is -2.24. The zero-order valence-corrected chi connectivity index (χ0v) is 23.4. The summed E-state index contributed by atoms with van der Waals surface area (Å²) in [5, 5.41) is 6.49. The van der Waals surface area contributed by atoms with E-state index in [0.717, 1.165) is 21.9 Å². The second-order valence-corrected chi connectivity index (χ2v) is 12.3. The van der Waals surface area contributed by atoms with Gasteiger partial charge in [-0.3, -0.25) is 19.1 Å². The Kier molecular flexibility index (Phi) is 9.80. The van der Waals surface area contributed by atoms with Gasteiger partial charge in [-0.1, -0.05) is 63.2 Å². The van der Waals surface area contributed by atoms with Crippen molar-refractivity contribution in [2.24, 2.45) is 10.4 Å². The first-order chi connectivity index (χ1) is 17.8. The van der Waals surface area contributed by atoms with Crippen molar-refractivity contribution in [3.8, 4) is 0 Å². The monoisotopic (exact) mass is 562 g/mol. The number of methoxy groups -OCH3 is 1. The molecule has 2 aromatic carbocycles. The summed E-state index contributed by atoms with van der Waals surface area (Å²) in [6.45, 7) is 6.36. The molecule has 0 radical (unpaired) electrons. The van der Waals surface area contributed by atoms with E-state index in [1.54, 1.807) is 23.9 Å². The Morgan fingerprint density at radius 2 is 1.68 bits per heavy atom. The molecule has 1 aliphatic heterocycles. The predicted molar refractivity (Wildman–Crippen MR) is 150 cm³/mol. The molecule has 3 rings (SSSR count). The van der Waals surface area contributed by atoms with Crippen LogP contribution in [0.5, 0.6) is 0 Å². The third kappa shape index (κ3) is 9.03. The van der Waals surface area contributed by atoms with Gasteiger partial charge in [0.05, 0.1) is 29.9 Å². The number of rotatable bonds is 10. The molecule has 1 unspecified atom stereocenters. The minimum atomic E-state index is -4.38. The first kappa shape index (κ1) is 29.5. The number of benzene rings is 2. The Morgan fingerprint density at radius 1 is 1.05 bits per heavy atom. The lowest BCUT2D eigenvalue weighted by molar-refractivity contribution is -0.123. The molecule has 38 heavy (non-hydrogen) atoms. The number of anilines is 1. The number of hydrogen-bond acceptors (Lipinski definition) is 7. The molecule has 0 spiro atoms. The third-order valence-electron chi connectivity index (χ3n) is 6.00. The van der Waals surface area contributed by atoms with Gasteiger partial charge in [0, 0.05) is 12.2 Å². The van der Waals surface area contributed by atoms with Crippen LogP contribution < -0.4 is 15.4 Å². The summed E-state index contributed by atoms with van der Waals surface area (Å²) in [5.74, 6) is 0.410. The highest BCUT2D eigenvalue weighted by atomic mass is 32.2. The van der Waals surface area contributed by atoms with E-state index >= 15 is 0 Å². The molecule has 0 saturated heterocycles. The van der Waals surface area contributed by atoms with Crippen LogP contribution in [0.4, 0.5) is 10.5 Å². The highest BCUT2D eigenvalue weighted by Crippen LogP contribution is 2.33. The average Bonchev–Trinajstić information content (AvgIpc) is 3.35. The van der Waals surface area contributed by atoms with E-state index in [-0.39, 0.29) is 29.5 Å². The number of thioether (sulfide) groups is 1. The van der Waals surface area contributed by atoms with Gasteiger partial charge >= 0.3 is 16.4 Å². The molecule has 0 aliphatic carbocycles. The topological polar surface area (TPSA) is 146 Å². The van der Waals surface area contributed by atoms with Crippen LogP contribution in [0.2, 0.25) is 0 Å². The fourth-order valence-electron chi connectivity index (χ4n) is 3.85. The Hall–Kier alpha value is -3.09. The number of nitrogens with zero attached hydrogens (tertiary/aromatic N) is 1. The van der Waals surface area contributed by atoms with E-state index in [1.807, 2.05) is 35.1 Å². The molecular formula is C26H34N4O6S2. The Balaban J connectivity index is 1.85. The quantitative estimate of drug-likeness (QED) is 0.324. The van der Waals surface area contributed by atoms with E-state index in [9.17, 15) is 18.0 Å². The van der Waals surface area contributed by atoms with Crippen LogP contribution in [0.15, 0.2) is 59.6 Å². The summed E-state index contributed by atoms with van der Waals surface area (Å²) in [6.07, 6.45) is -0.0501. The van der Waals surface area contributed by atoms with Gasteiger partial charge in [-0.05, 0) is 35.1 Å². The summed E-state index contributed by atoms with van der Waals surface area (Å²) in [6, 6.07) is 14.6. The van der Waals surface area contributed by atoms with Crippen molar-refractivity contribution in [3.63, 3.8) is 0 Å². The smallest absolute Gasteiger partial charge is 0.407 e. The molecule has 1 heterocycles. The third-order valence-corrected chi connectivity index (χ3v) is 7.67. The molecule has 4 N–H and O–H groups in total. The highest BCUT2D eigenvalue weighted by molar-refractivity contribution is 8.14. The molecule has 1 aliphatic rings. The van der Waals surface area contributed by atoms with Crippen molar-refractivity contribution in [1.29, 1.82) is 0 Å². The first-order valence-electron chi connectivity index (χ1n) is 12.1. The van der Waals surface area contributed by atoms with Crippen LogP contribution >= 0.6 is 11.8 Å². The number of amides is 2. The zero-order valence-electron chi connectivity index (χ0n) is 21.8. The SMILES string of the molecule is COC(=O)N[C@@H](Cc1ccccc1)C(=O)N[C@@H](Cc1ccc(NS(=O)(=O)O)cc1)C1=NC(C(C)(C)C)CS1. The van der Waals surface area contributed by atoms with E-state index in [0.29, 0.717) is 6.42 Å². The van der Waals surface area contributed by atoms with E-state index in [2.05, 4.69) is 31.4 Å². The van der Waals surface area contributed by atoms with Gasteiger partial charge in [-0.2, -0.15) is 8.42 Å². The number of carbonyl (C=O) groups excluding carboxylic acids is 2. The Labute approximate surface area is 227 Å². The maximum absolute atomic E-state index is 13.5. The van der Waals surface area contributed by atoms with E-state index in [1.165, 1.54) is 19.2 Å². The highest BCUT2D eigenvalue weighted by Gasteiger charge is 2.34. The molecule has 2 aromatic rings. The van der Waals surface area contributed by atoms with Crippen molar-refractivity contribution < 1.29 is 27.3 Å². The van der Waals surface area contributed by atoms with Crippen molar-refractivity contribution in [2.75, 3.05) is 17.6 Å². The number of aliphatic imine (C=N–C) groups is 1. The normalized spacial score (nSPS) is 17.2. The Morgan fingerprint density at radius 3 is 2.24 bits per heavy atom. The first-order valence-corrected chi connectivity index (χ1v) is 14.5. The minimum Gasteiger partial charge on any atom is -0.453 e. The fourth-order valence-corrected chi connectivity index (χ4v) is 5.74. The molecule has 0 saturated carbocycles. The van der Waals surface area contributed by atoms with Crippen LogP contribution in [-0.2, 0) is 32.7 Å². The largest absolute Gasteiger partial charge is 0.453 e. The van der Waals surface area contributed by atoms with Gasteiger partial charge in [0.15, 0.2) is 0 Å². The summed E-state index contributed by atoms with van der Waals surface area (Å²) >= 11 is 1.59.